The second-order valence-electron chi connectivity index (χ2n) is 7.34. The Bertz CT molecular complexity index is 631. The molecule has 2 N–H and O–H groups in total. The van der Waals surface area contributed by atoms with Crippen molar-refractivity contribution in [2.24, 2.45) is 0 Å². The first-order valence-corrected chi connectivity index (χ1v) is 11.1. The van der Waals surface area contributed by atoms with E-state index >= 15 is 0 Å². The zero-order chi connectivity index (χ0) is 17.7. The van der Waals surface area contributed by atoms with Crippen molar-refractivity contribution in [1.29, 1.82) is 0 Å². The first kappa shape index (κ1) is 18.8. The maximum atomic E-state index is 12.6. The summed E-state index contributed by atoms with van der Waals surface area (Å²) >= 11 is 0. The Kier molecular flexibility index (Phi) is 6.49. The summed E-state index contributed by atoms with van der Waals surface area (Å²) in [5.41, 5.74) is 1.14. The summed E-state index contributed by atoms with van der Waals surface area (Å²) in [5, 5.41) is 3.56. The van der Waals surface area contributed by atoms with Gasteiger partial charge in [0.25, 0.3) is 0 Å². The van der Waals surface area contributed by atoms with E-state index < -0.39 is 10.0 Å². The smallest absolute Gasteiger partial charge is 0.240 e. The highest BCUT2D eigenvalue weighted by molar-refractivity contribution is 7.89. The fraction of sp³-hybridized carbons (Fsp3) is 0.684. The average Bonchev–Trinajstić information content (AvgIpc) is 3.14. The van der Waals surface area contributed by atoms with Crippen LogP contribution in [0.25, 0.3) is 0 Å². The second kappa shape index (κ2) is 8.62. The Labute approximate surface area is 152 Å². The molecular weight excluding hydrogens is 334 g/mol. The molecule has 1 heterocycles. The fourth-order valence-corrected chi connectivity index (χ4v) is 5.14. The first-order chi connectivity index (χ1) is 12.1. The molecule has 140 valence electrons. The van der Waals surface area contributed by atoms with Crippen LogP contribution in [0.4, 0.5) is 0 Å². The molecule has 1 saturated heterocycles. The monoisotopic (exact) mass is 365 g/mol. The van der Waals surface area contributed by atoms with Crippen molar-refractivity contribution < 1.29 is 8.42 Å². The molecule has 5 nitrogen and oxygen atoms in total. The molecule has 0 atom stereocenters. The lowest BCUT2D eigenvalue weighted by Gasteiger charge is -2.31. The van der Waals surface area contributed by atoms with Gasteiger partial charge >= 0.3 is 0 Å². The fourth-order valence-electron chi connectivity index (χ4n) is 3.83. The minimum absolute atomic E-state index is 0.0523. The van der Waals surface area contributed by atoms with Crippen LogP contribution in [0.5, 0.6) is 0 Å². The van der Waals surface area contributed by atoms with Crippen molar-refractivity contribution in [1.82, 2.24) is 14.9 Å². The molecule has 0 radical (unpaired) electrons. The van der Waals surface area contributed by atoms with Crippen molar-refractivity contribution in [3.05, 3.63) is 29.8 Å². The van der Waals surface area contributed by atoms with E-state index in [1.807, 2.05) is 12.1 Å². The van der Waals surface area contributed by atoms with Crippen LogP contribution in [0.3, 0.4) is 0 Å². The molecule has 6 heteroatoms. The largest absolute Gasteiger partial charge is 0.310 e. The van der Waals surface area contributed by atoms with Gasteiger partial charge in [-0.1, -0.05) is 31.9 Å². The Hall–Kier alpha value is -0.950. The van der Waals surface area contributed by atoms with Crippen molar-refractivity contribution in [3.8, 4) is 0 Å². The number of benzene rings is 1. The summed E-state index contributed by atoms with van der Waals surface area (Å²) < 4.78 is 28.1. The van der Waals surface area contributed by atoms with Gasteiger partial charge in [0.1, 0.15) is 0 Å². The summed E-state index contributed by atoms with van der Waals surface area (Å²) in [6.45, 7) is 5.93. The van der Waals surface area contributed by atoms with Gasteiger partial charge in [0.15, 0.2) is 0 Å². The molecule has 1 saturated carbocycles. The van der Waals surface area contributed by atoms with Gasteiger partial charge in [-0.2, -0.15) is 0 Å². The maximum absolute atomic E-state index is 12.6. The van der Waals surface area contributed by atoms with E-state index in [9.17, 15) is 8.42 Å². The van der Waals surface area contributed by atoms with Crippen molar-refractivity contribution in [2.45, 2.75) is 69.0 Å². The van der Waals surface area contributed by atoms with Gasteiger partial charge < -0.3 is 10.2 Å². The topological polar surface area (TPSA) is 61.4 Å². The van der Waals surface area contributed by atoms with Crippen LogP contribution in [-0.2, 0) is 16.6 Å². The molecule has 0 unspecified atom stereocenters. The van der Waals surface area contributed by atoms with Crippen molar-refractivity contribution in [2.75, 3.05) is 19.6 Å². The molecule has 1 aliphatic heterocycles. The predicted molar refractivity (Wildman–Crippen MR) is 101 cm³/mol. The maximum Gasteiger partial charge on any atom is 0.240 e. The lowest BCUT2D eigenvalue weighted by molar-refractivity contribution is 0.217. The number of sulfonamides is 1. The van der Waals surface area contributed by atoms with Crippen LogP contribution < -0.4 is 10.0 Å². The molecule has 0 spiro atoms. The van der Waals surface area contributed by atoms with Gasteiger partial charge in [-0.15, -0.1) is 0 Å². The van der Waals surface area contributed by atoms with Gasteiger partial charge in [-0.25, -0.2) is 13.1 Å². The summed E-state index contributed by atoms with van der Waals surface area (Å²) in [4.78, 5) is 2.73. The third-order valence-corrected chi connectivity index (χ3v) is 7.08. The van der Waals surface area contributed by atoms with Crippen LogP contribution in [0.1, 0.15) is 51.0 Å². The Morgan fingerprint density at radius 2 is 1.64 bits per heavy atom. The van der Waals surface area contributed by atoms with Crippen LogP contribution in [-0.4, -0.2) is 45.0 Å². The van der Waals surface area contributed by atoms with E-state index in [0.717, 1.165) is 44.6 Å². The average molecular weight is 366 g/mol. The van der Waals surface area contributed by atoms with Gasteiger partial charge in [-0.3, -0.25) is 0 Å². The van der Waals surface area contributed by atoms with E-state index in [-0.39, 0.29) is 6.04 Å². The highest BCUT2D eigenvalue weighted by Crippen LogP contribution is 2.19. The molecule has 0 aromatic heterocycles. The number of rotatable bonds is 7. The SMILES string of the molecule is CCN1CCC(NS(=O)(=O)c2ccc(CNC3CCCC3)cc2)CC1. The molecule has 1 aromatic rings. The Balaban J connectivity index is 1.53. The number of hydrogen-bond acceptors (Lipinski definition) is 4. The summed E-state index contributed by atoms with van der Waals surface area (Å²) in [6.07, 6.45) is 6.92. The minimum Gasteiger partial charge on any atom is -0.310 e. The van der Waals surface area contributed by atoms with E-state index in [4.69, 9.17) is 0 Å². The third kappa shape index (κ3) is 5.26. The van der Waals surface area contributed by atoms with E-state index in [0.29, 0.717) is 10.9 Å². The second-order valence-corrected chi connectivity index (χ2v) is 9.05. The van der Waals surface area contributed by atoms with E-state index in [2.05, 4.69) is 21.9 Å². The van der Waals surface area contributed by atoms with Crippen molar-refractivity contribution >= 4 is 10.0 Å². The zero-order valence-electron chi connectivity index (χ0n) is 15.2. The van der Waals surface area contributed by atoms with E-state index in [1.165, 1.54) is 25.7 Å². The predicted octanol–water partition coefficient (Wildman–Crippen LogP) is 2.48. The van der Waals surface area contributed by atoms with Crippen LogP contribution in [0.2, 0.25) is 0 Å². The lowest BCUT2D eigenvalue weighted by Crippen LogP contribution is -2.44. The Morgan fingerprint density at radius 1 is 1.00 bits per heavy atom. The normalized spacial score (nSPS) is 21.0. The number of nitrogens with zero attached hydrogens (tertiary/aromatic N) is 1. The third-order valence-electron chi connectivity index (χ3n) is 5.54. The quantitative estimate of drug-likeness (QED) is 0.779. The molecule has 0 bridgehead atoms. The standard InChI is InChI=1S/C19H31N3O2S/c1-2-22-13-11-18(12-14-22)21-25(23,24)19-9-7-16(8-10-19)15-20-17-5-3-4-6-17/h7-10,17-18,20-21H,2-6,11-15H2,1H3. The molecule has 0 amide bonds. The van der Waals surface area contributed by atoms with Gasteiger partial charge in [0.05, 0.1) is 4.90 Å². The number of piperidine rings is 1. The van der Waals surface area contributed by atoms with Crippen LogP contribution in [0.15, 0.2) is 29.2 Å². The lowest BCUT2D eigenvalue weighted by atomic mass is 10.1. The summed E-state index contributed by atoms with van der Waals surface area (Å²) in [7, 11) is -3.42. The molecule has 1 aliphatic carbocycles. The molecule has 2 fully saturated rings. The molecule has 25 heavy (non-hydrogen) atoms. The summed E-state index contributed by atoms with van der Waals surface area (Å²) in [6, 6.07) is 7.99. The van der Waals surface area contributed by atoms with Crippen LogP contribution >= 0.6 is 0 Å². The van der Waals surface area contributed by atoms with Gasteiger partial charge in [0.2, 0.25) is 10.0 Å². The highest BCUT2D eigenvalue weighted by atomic mass is 32.2. The molecule has 1 aromatic carbocycles. The zero-order valence-corrected chi connectivity index (χ0v) is 16.0. The van der Waals surface area contributed by atoms with E-state index in [1.54, 1.807) is 12.1 Å². The minimum atomic E-state index is -3.42. The molecule has 3 rings (SSSR count). The first-order valence-electron chi connectivity index (χ1n) is 9.64. The highest BCUT2D eigenvalue weighted by Gasteiger charge is 2.24. The summed E-state index contributed by atoms with van der Waals surface area (Å²) in [5.74, 6) is 0. The van der Waals surface area contributed by atoms with Crippen molar-refractivity contribution in [3.63, 3.8) is 0 Å². The molecular formula is C19H31N3O2S. The van der Waals surface area contributed by atoms with Gasteiger partial charge in [-0.05, 0) is 63.0 Å². The van der Waals surface area contributed by atoms with Crippen LogP contribution in [0, 0.1) is 0 Å². The van der Waals surface area contributed by atoms with Gasteiger partial charge in [0, 0.05) is 18.6 Å². The molecule has 2 aliphatic rings. The number of hydrogen-bond donors (Lipinski definition) is 2. The number of likely N-dealkylation sites (tertiary alicyclic amines) is 1. The number of nitrogens with one attached hydrogen (secondary N) is 2. The Morgan fingerprint density at radius 3 is 2.24 bits per heavy atom.